The van der Waals surface area contributed by atoms with E-state index in [0.29, 0.717) is 11.0 Å². The third kappa shape index (κ3) is 4.02. The van der Waals surface area contributed by atoms with Crippen molar-refractivity contribution in [3.63, 3.8) is 0 Å². The normalized spacial score (nSPS) is 11.7. The van der Waals surface area contributed by atoms with Gasteiger partial charge < -0.3 is 5.32 Å². The highest BCUT2D eigenvalue weighted by atomic mass is 79.9. The molecule has 142 valence electrons. The Bertz CT molecular complexity index is 1070. The molecule has 0 saturated carbocycles. The van der Waals surface area contributed by atoms with Crippen LogP contribution in [0.5, 0.6) is 0 Å². The molecular formula is C16H13BrF3N5O2. The summed E-state index contributed by atoms with van der Waals surface area (Å²) in [6.07, 6.45) is -1.95. The van der Waals surface area contributed by atoms with E-state index in [4.69, 9.17) is 0 Å². The maximum absolute atomic E-state index is 12.9. The summed E-state index contributed by atoms with van der Waals surface area (Å²) in [6.45, 7) is 0.0329. The first-order valence-corrected chi connectivity index (χ1v) is 8.50. The SMILES string of the molecule is Cn1ncc2c(=O)n(CCC(=O)Nc3ccc(Br)c(C(F)(F)F)c3)cnc21. The standard InChI is InChI=1S/C16H13BrF3N5O2/c1-24-14-10(7-22-24)15(27)25(8-21-14)5-4-13(26)23-9-2-3-12(17)11(6-9)16(18,19)20/h2-3,6-8H,4-5H2,1H3,(H,23,26). The van der Waals surface area contributed by atoms with E-state index in [0.717, 1.165) is 6.07 Å². The third-order valence-corrected chi connectivity index (χ3v) is 4.54. The summed E-state index contributed by atoms with van der Waals surface area (Å²) < 4.78 is 41.3. The van der Waals surface area contributed by atoms with Gasteiger partial charge in [0, 0.05) is 30.2 Å². The van der Waals surface area contributed by atoms with Crippen LogP contribution in [0.25, 0.3) is 11.0 Å². The summed E-state index contributed by atoms with van der Waals surface area (Å²) in [5.41, 5.74) is -0.786. The molecule has 0 radical (unpaired) electrons. The molecule has 0 atom stereocenters. The van der Waals surface area contributed by atoms with E-state index in [1.54, 1.807) is 7.05 Å². The maximum atomic E-state index is 12.9. The Morgan fingerprint density at radius 3 is 2.78 bits per heavy atom. The van der Waals surface area contributed by atoms with Crippen molar-refractivity contribution in [2.24, 2.45) is 7.05 Å². The second-order valence-electron chi connectivity index (χ2n) is 5.74. The van der Waals surface area contributed by atoms with Crippen molar-refractivity contribution in [2.45, 2.75) is 19.1 Å². The Hall–Kier alpha value is -2.69. The van der Waals surface area contributed by atoms with E-state index in [1.807, 2.05) is 0 Å². The number of alkyl halides is 3. The second-order valence-corrected chi connectivity index (χ2v) is 6.59. The number of aromatic nitrogens is 4. The zero-order valence-corrected chi connectivity index (χ0v) is 15.5. The molecule has 0 aliphatic heterocycles. The number of anilines is 1. The molecule has 3 rings (SSSR count). The van der Waals surface area contributed by atoms with Gasteiger partial charge in [-0.3, -0.25) is 18.8 Å². The molecule has 2 aromatic heterocycles. The smallest absolute Gasteiger partial charge is 0.326 e. The first-order chi connectivity index (χ1) is 12.7. The molecule has 11 heteroatoms. The van der Waals surface area contributed by atoms with E-state index in [-0.39, 0.29) is 28.7 Å². The highest BCUT2D eigenvalue weighted by Gasteiger charge is 2.33. The fourth-order valence-electron chi connectivity index (χ4n) is 2.49. The van der Waals surface area contributed by atoms with Crippen LogP contribution >= 0.6 is 15.9 Å². The van der Waals surface area contributed by atoms with Gasteiger partial charge in [-0.2, -0.15) is 18.3 Å². The Kier molecular flexibility index (Phi) is 5.05. The predicted octanol–water partition coefficient (Wildman–Crippen LogP) is 2.94. The number of hydrogen-bond donors (Lipinski definition) is 1. The summed E-state index contributed by atoms with van der Waals surface area (Å²) >= 11 is 2.84. The number of rotatable bonds is 4. The van der Waals surface area contributed by atoms with Gasteiger partial charge in [0.05, 0.1) is 18.1 Å². The van der Waals surface area contributed by atoms with Gasteiger partial charge in [0.25, 0.3) is 5.56 Å². The number of carbonyl (C=O) groups is 1. The summed E-state index contributed by atoms with van der Waals surface area (Å²) in [5.74, 6) is -0.524. The van der Waals surface area contributed by atoms with Gasteiger partial charge in [0.1, 0.15) is 5.39 Å². The molecule has 0 unspecified atom stereocenters. The number of aryl methyl sites for hydroxylation is 2. The molecular weight excluding hydrogens is 431 g/mol. The highest BCUT2D eigenvalue weighted by molar-refractivity contribution is 9.10. The van der Waals surface area contributed by atoms with E-state index in [9.17, 15) is 22.8 Å². The van der Waals surface area contributed by atoms with Crippen LogP contribution in [-0.2, 0) is 24.6 Å². The van der Waals surface area contributed by atoms with Crippen LogP contribution in [0.3, 0.4) is 0 Å². The molecule has 0 bridgehead atoms. The Morgan fingerprint density at radius 2 is 2.07 bits per heavy atom. The Morgan fingerprint density at radius 1 is 1.33 bits per heavy atom. The Balaban J connectivity index is 1.70. The van der Waals surface area contributed by atoms with Crippen molar-refractivity contribution in [2.75, 3.05) is 5.32 Å². The van der Waals surface area contributed by atoms with Gasteiger partial charge in [-0.15, -0.1) is 0 Å². The van der Waals surface area contributed by atoms with Gasteiger partial charge in [-0.05, 0) is 18.2 Å². The minimum absolute atomic E-state index is 0.0173. The monoisotopic (exact) mass is 443 g/mol. The maximum Gasteiger partial charge on any atom is 0.417 e. The molecule has 27 heavy (non-hydrogen) atoms. The quantitative estimate of drug-likeness (QED) is 0.671. The topological polar surface area (TPSA) is 81.8 Å². The summed E-state index contributed by atoms with van der Waals surface area (Å²) in [5, 5.41) is 6.67. The number of amides is 1. The molecule has 0 fully saturated rings. The summed E-state index contributed by atoms with van der Waals surface area (Å²) in [4.78, 5) is 28.5. The van der Waals surface area contributed by atoms with Crippen LogP contribution in [0.1, 0.15) is 12.0 Å². The molecule has 1 amide bonds. The number of nitrogens with zero attached hydrogens (tertiary/aromatic N) is 4. The van der Waals surface area contributed by atoms with Gasteiger partial charge in [0.15, 0.2) is 5.65 Å². The number of benzene rings is 1. The lowest BCUT2D eigenvalue weighted by Gasteiger charge is -2.12. The first kappa shape index (κ1) is 19.1. The molecule has 2 heterocycles. The van der Waals surface area contributed by atoms with Crippen molar-refractivity contribution in [1.29, 1.82) is 0 Å². The zero-order chi connectivity index (χ0) is 19.8. The molecule has 1 N–H and O–H groups in total. The zero-order valence-electron chi connectivity index (χ0n) is 13.9. The van der Waals surface area contributed by atoms with E-state index >= 15 is 0 Å². The van der Waals surface area contributed by atoms with Crippen LogP contribution in [0.15, 0.2) is 40.0 Å². The number of fused-ring (bicyclic) bond motifs is 1. The van der Waals surface area contributed by atoms with E-state index in [1.165, 1.54) is 33.9 Å². The minimum Gasteiger partial charge on any atom is -0.326 e. The van der Waals surface area contributed by atoms with Crippen LogP contribution in [0, 0.1) is 0 Å². The van der Waals surface area contributed by atoms with Crippen molar-refractivity contribution < 1.29 is 18.0 Å². The van der Waals surface area contributed by atoms with Crippen molar-refractivity contribution >= 4 is 38.6 Å². The molecule has 0 aliphatic rings. The van der Waals surface area contributed by atoms with Crippen molar-refractivity contribution in [1.82, 2.24) is 19.3 Å². The van der Waals surface area contributed by atoms with Gasteiger partial charge in [0.2, 0.25) is 5.91 Å². The summed E-state index contributed by atoms with van der Waals surface area (Å²) in [6, 6.07) is 3.41. The fourth-order valence-corrected chi connectivity index (χ4v) is 2.96. The van der Waals surface area contributed by atoms with Crippen LogP contribution in [0.2, 0.25) is 0 Å². The van der Waals surface area contributed by atoms with Crippen LogP contribution in [-0.4, -0.2) is 25.2 Å². The first-order valence-electron chi connectivity index (χ1n) is 7.70. The van der Waals surface area contributed by atoms with Gasteiger partial charge >= 0.3 is 6.18 Å². The molecule has 7 nitrogen and oxygen atoms in total. The van der Waals surface area contributed by atoms with Crippen molar-refractivity contribution in [3.05, 3.63) is 51.1 Å². The van der Waals surface area contributed by atoms with Gasteiger partial charge in [-0.1, -0.05) is 15.9 Å². The molecule has 0 saturated heterocycles. The van der Waals surface area contributed by atoms with E-state index in [2.05, 4.69) is 31.3 Å². The van der Waals surface area contributed by atoms with Crippen molar-refractivity contribution in [3.8, 4) is 0 Å². The third-order valence-electron chi connectivity index (χ3n) is 3.85. The van der Waals surface area contributed by atoms with Gasteiger partial charge in [-0.25, -0.2) is 4.98 Å². The molecule has 3 aromatic rings. The van der Waals surface area contributed by atoms with E-state index < -0.39 is 17.6 Å². The molecule has 0 aliphatic carbocycles. The second kappa shape index (κ2) is 7.14. The minimum atomic E-state index is -4.54. The number of carbonyl (C=O) groups excluding carboxylic acids is 1. The number of hydrogen-bond acceptors (Lipinski definition) is 4. The molecule has 1 aromatic carbocycles. The van der Waals surface area contributed by atoms with Crippen LogP contribution in [0.4, 0.5) is 18.9 Å². The lowest BCUT2D eigenvalue weighted by Crippen LogP contribution is -2.23. The molecule has 0 spiro atoms. The average molecular weight is 444 g/mol. The lowest BCUT2D eigenvalue weighted by molar-refractivity contribution is -0.138. The summed E-state index contributed by atoms with van der Waals surface area (Å²) in [7, 11) is 1.65. The largest absolute Gasteiger partial charge is 0.417 e. The fraction of sp³-hybridized carbons (Fsp3) is 0.250. The van der Waals surface area contributed by atoms with Crippen LogP contribution < -0.4 is 10.9 Å². The number of halogens is 4. The highest BCUT2D eigenvalue weighted by Crippen LogP contribution is 2.36. The predicted molar refractivity (Wildman–Crippen MR) is 95.2 cm³/mol. The number of nitrogens with one attached hydrogen (secondary N) is 1. The Labute approximate surface area is 158 Å². The lowest BCUT2D eigenvalue weighted by atomic mass is 10.2. The average Bonchev–Trinajstić information content (AvgIpc) is 2.97.